The second-order valence-electron chi connectivity index (χ2n) is 5.74. The van der Waals surface area contributed by atoms with Gasteiger partial charge in [0, 0.05) is 0 Å². The van der Waals surface area contributed by atoms with Crippen molar-refractivity contribution in [2.24, 2.45) is 17.8 Å². The van der Waals surface area contributed by atoms with Crippen LogP contribution in [0, 0.1) is 17.8 Å². The number of para-hydroxylation sites is 2. The number of anilines is 1. The maximum Gasteiger partial charge on any atom is 0.310 e. The molecular formula is C17H19NO4. The van der Waals surface area contributed by atoms with Crippen LogP contribution >= 0.6 is 0 Å². The average Bonchev–Trinajstić information content (AvgIpc) is 3.16. The van der Waals surface area contributed by atoms with E-state index < -0.39 is 0 Å². The molecule has 2 aliphatic rings. The molecule has 1 fully saturated rings. The third-order valence-corrected chi connectivity index (χ3v) is 4.31. The van der Waals surface area contributed by atoms with Gasteiger partial charge in [0.25, 0.3) is 5.91 Å². The molecule has 22 heavy (non-hydrogen) atoms. The number of rotatable bonds is 5. The van der Waals surface area contributed by atoms with Crippen molar-refractivity contribution in [2.75, 3.05) is 19.0 Å². The van der Waals surface area contributed by atoms with E-state index in [-0.39, 0.29) is 30.3 Å². The number of nitrogens with one attached hydrogen (secondary N) is 1. The lowest BCUT2D eigenvalue weighted by atomic mass is 9.94. The van der Waals surface area contributed by atoms with Crippen molar-refractivity contribution < 1.29 is 19.1 Å². The number of esters is 1. The van der Waals surface area contributed by atoms with Gasteiger partial charge in [-0.2, -0.15) is 0 Å². The van der Waals surface area contributed by atoms with E-state index in [1.165, 1.54) is 7.11 Å². The van der Waals surface area contributed by atoms with Crippen molar-refractivity contribution >= 4 is 17.6 Å². The highest BCUT2D eigenvalue weighted by Crippen LogP contribution is 2.43. The fourth-order valence-corrected chi connectivity index (χ4v) is 3.23. The van der Waals surface area contributed by atoms with Crippen LogP contribution in [0.5, 0.6) is 5.75 Å². The quantitative estimate of drug-likeness (QED) is 0.670. The zero-order valence-corrected chi connectivity index (χ0v) is 12.5. The zero-order valence-electron chi connectivity index (χ0n) is 12.5. The molecule has 5 nitrogen and oxygen atoms in total. The molecular weight excluding hydrogens is 282 g/mol. The minimum Gasteiger partial charge on any atom is -0.495 e. The number of ether oxygens (including phenoxy) is 2. The molecule has 5 heteroatoms. The maximum atomic E-state index is 12.1. The van der Waals surface area contributed by atoms with E-state index in [4.69, 9.17) is 9.47 Å². The predicted octanol–water partition coefficient (Wildman–Crippen LogP) is 2.39. The Morgan fingerprint density at radius 2 is 2.05 bits per heavy atom. The molecule has 0 heterocycles. The molecule has 0 aromatic heterocycles. The van der Waals surface area contributed by atoms with Gasteiger partial charge in [-0.25, -0.2) is 0 Å². The molecule has 3 rings (SSSR count). The van der Waals surface area contributed by atoms with Crippen molar-refractivity contribution in [3.63, 3.8) is 0 Å². The average molecular weight is 301 g/mol. The van der Waals surface area contributed by atoms with E-state index in [2.05, 4.69) is 17.5 Å². The largest absolute Gasteiger partial charge is 0.495 e. The first kappa shape index (κ1) is 14.6. The molecule has 0 radical (unpaired) electrons. The third kappa shape index (κ3) is 2.98. The highest BCUT2D eigenvalue weighted by Gasteiger charge is 2.40. The predicted molar refractivity (Wildman–Crippen MR) is 81.4 cm³/mol. The first-order chi connectivity index (χ1) is 10.7. The summed E-state index contributed by atoms with van der Waals surface area (Å²) >= 11 is 0. The number of methoxy groups -OCH3 is 1. The van der Waals surface area contributed by atoms with Gasteiger partial charge >= 0.3 is 5.97 Å². The topological polar surface area (TPSA) is 64.6 Å². The SMILES string of the molecule is COc1ccccc1NC(=O)COC(=O)[C@@H]1C[C@@H]2C=C[C@H]1C2. The highest BCUT2D eigenvalue weighted by atomic mass is 16.5. The van der Waals surface area contributed by atoms with Crippen LogP contribution in [0.2, 0.25) is 0 Å². The summed E-state index contributed by atoms with van der Waals surface area (Å²) in [6.07, 6.45) is 6.14. The standard InChI is InChI=1S/C17H19NO4/c1-21-15-5-3-2-4-14(15)18-16(19)10-22-17(20)13-9-11-6-7-12(13)8-11/h2-7,11-13H,8-10H2,1H3,(H,18,19)/t11-,12+,13-/m1/s1. The lowest BCUT2D eigenvalue weighted by molar-refractivity contribution is -0.152. The van der Waals surface area contributed by atoms with Gasteiger partial charge in [-0.05, 0) is 36.8 Å². The molecule has 0 aliphatic heterocycles. The number of allylic oxidation sites excluding steroid dienone is 2. The van der Waals surface area contributed by atoms with Gasteiger partial charge in [0.15, 0.2) is 6.61 Å². The molecule has 2 bridgehead atoms. The van der Waals surface area contributed by atoms with E-state index >= 15 is 0 Å². The van der Waals surface area contributed by atoms with Crippen molar-refractivity contribution in [1.82, 2.24) is 0 Å². The van der Waals surface area contributed by atoms with Crippen LogP contribution < -0.4 is 10.1 Å². The molecule has 1 N–H and O–H groups in total. The van der Waals surface area contributed by atoms with Crippen LogP contribution in [0.4, 0.5) is 5.69 Å². The van der Waals surface area contributed by atoms with E-state index in [0.29, 0.717) is 17.4 Å². The van der Waals surface area contributed by atoms with E-state index in [1.54, 1.807) is 18.2 Å². The van der Waals surface area contributed by atoms with Crippen molar-refractivity contribution in [3.8, 4) is 5.75 Å². The van der Waals surface area contributed by atoms with E-state index in [9.17, 15) is 9.59 Å². The monoisotopic (exact) mass is 301 g/mol. The Hall–Kier alpha value is -2.30. The van der Waals surface area contributed by atoms with E-state index in [1.807, 2.05) is 6.07 Å². The van der Waals surface area contributed by atoms with Gasteiger partial charge in [0.1, 0.15) is 5.75 Å². The van der Waals surface area contributed by atoms with Gasteiger partial charge < -0.3 is 14.8 Å². The summed E-state index contributed by atoms with van der Waals surface area (Å²) in [4.78, 5) is 24.0. The second kappa shape index (κ2) is 6.22. The van der Waals surface area contributed by atoms with Gasteiger partial charge in [-0.3, -0.25) is 9.59 Å². The smallest absolute Gasteiger partial charge is 0.310 e. The molecule has 0 unspecified atom stereocenters. The Bertz CT molecular complexity index is 610. The van der Waals surface area contributed by atoms with E-state index in [0.717, 1.165) is 12.8 Å². The summed E-state index contributed by atoms with van der Waals surface area (Å²) in [5, 5.41) is 2.69. The highest BCUT2D eigenvalue weighted by molar-refractivity contribution is 5.94. The minimum absolute atomic E-state index is 0.0888. The van der Waals surface area contributed by atoms with Crippen LogP contribution in [0.3, 0.4) is 0 Å². The first-order valence-corrected chi connectivity index (χ1v) is 7.45. The third-order valence-electron chi connectivity index (χ3n) is 4.31. The Morgan fingerprint density at radius 1 is 1.23 bits per heavy atom. The Kier molecular flexibility index (Phi) is 4.13. The Labute approximate surface area is 129 Å². The van der Waals surface area contributed by atoms with Crippen LogP contribution in [-0.4, -0.2) is 25.6 Å². The molecule has 116 valence electrons. The zero-order chi connectivity index (χ0) is 15.5. The first-order valence-electron chi connectivity index (χ1n) is 7.45. The summed E-state index contributed by atoms with van der Waals surface area (Å²) in [5.74, 6) is 0.637. The van der Waals surface area contributed by atoms with Crippen molar-refractivity contribution in [1.29, 1.82) is 0 Å². The Morgan fingerprint density at radius 3 is 2.73 bits per heavy atom. The van der Waals surface area contributed by atoms with Crippen molar-refractivity contribution in [2.45, 2.75) is 12.8 Å². The molecule has 1 saturated carbocycles. The summed E-state index contributed by atoms with van der Waals surface area (Å²) in [5.41, 5.74) is 0.564. The summed E-state index contributed by atoms with van der Waals surface area (Å²) < 4.78 is 10.3. The lowest BCUT2D eigenvalue weighted by Gasteiger charge is -2.16. The molecule has 1 aromatic rings. The number of carbonyl (C=O) groups is 2. The van der Waals surface area contributed by atoms with Gasteiger partial charge in [0.2, 0.25) is 0 Å². The number of hydrogen-bond acceptors (Lipinski definition) is 4. The number of amides is 1. The molecule has 0 saturated heterocycles. The van der Waals surface area contributed by atoms with Crippen LogP contribution in [-0.2, 0) is 14.3 Å². The van der Waals surface area contributed by atoms with Gasteiger partial charge in [0.05, 0.1) is 18.7 Å². The summed E-state index contributed by atoms with van der Waals surface area (Å²) in [6, 6.07) is 7.10. The maximum absolute atomic E-state index is 12.1. The molecule has 1 amide bonds. The van der Waals surface area contributed by atoms with Crippen molar-refractivity contribution in [3.05, 3.63) is 36.4 Å². The van der Waals surface area contributed by atoms with Crippen LogP contribution in [0.1, 0.15) is 12.8 Å². The summed E-state index contributed by atoms with van der Waals surface area (Å²) in [7, 11) is 1.54. The number of carbonyl (C=O) groups excluding carboxylic acids is 2. The molecule has 1 aromatic carbocycles. The Balaban J connectivity index is 1.50. The summed E-state index contributed by atoms with van der Waals surface area (Å²) in [6.45, 7) is -0.269. The normalized spacial score (nSPS) is 25.0. The second-order valence-corrected chi connectivity index (χ2v) is 5.74. The fourth-order valence-electron chi connectivity index (χ4n) is 3.23. The van der Waals surface area contributed by atoms with Crippen LogP contribution in [0.25, 0.3) is 0 Å². The lowest BCUT2D eigenvalue weighted by Crippen LogP contribution is -2.26. The molecule has 0 spiro atoms. The number of hydrogen-bond donors (Lipinski definition) is 1. The molecule has 3 atom stereocenters. The van der Waals surface area contributed by atoms with Gasteiger partial charge in [-0.1, -0.05) is 24.3 Å². The minimum atomic E-state index is -0.364. The fraction of sp³-hybridized carbons (Fsp3) is 0.412. The number of benzene rings is 1. The number of fused-ring (bicyclic) bond motifs is 2. The van der Waals surface area contributed by atoms with Gasteiger partial charge in [-0.15, -0.1) is 0 Å². The van der Waals surface area contributed by atoms with Crippen LogP contribution in [0.15, 0.2) is 36.4 Å². The molecule has 2 aliphatic carbocycles.